The van der Waals surface area contributed by atoms with Gasteiger partial charge in [-0.15, -0.1) is 0 Å². The molecule has 0 saturated carbocycles. The maximum Gasteiger partial charge on any atom is 0.140 e. The van der Waals surface area contributed by atoms with Crippen LogP contribution in [0.15, 0.2) is 36.7 Å². The first-order valence-corrected chi connectivity index (χ1v) is 5.18. The average Bonchev–Trinajstić information content (AvgIpc) is 2.23. The summed E-state index contributed by atoms with van der Waals surface area (Å²) in [5.74, 6) is 0.527. The molecule has 2 rings (SSSR count). The highest BCUT2D eigenvalue weighted by Gasteiger charge is 2.06. The molecule has 1 aromatic carbocycles. The van der Waals surface area contributed by atoms with Crippen LogP contribution in [0.1, 0.15) is 0 Å². The molecular formula is C10H8IN3. The Hall–Kier alpha value is -1.17. The van der Waals surface area contributed by atoms with E-state index in [2.05, 4.69) is 32.6 Å². The fraction of sp³-hybridized carbons (Fsp3) is 0. The summed E-state index contributed by atoms with van der Waals surface area (Å²) in [6.45, 7) is 0. The number of benzene rings is 1. The number of nitrogens with two attached hydrogens (primary N) is 1. The Morgan fingerprint density at radius 3 is 2.50 bits per heavy atom. The number of aromatic nitrogens is 2. The van der Waals surface area contributed by atoms with Crippen molar-refractivity contribution in [3.05, 3.63) is 40.2 Å². The lowest BCUT2D eigenvalue weighted by molar-refractivity contribution is 1.16. The SMILES string of the molecule is Nc1ncnc(-c2ccccc2)c1I. The molecule has 70 valence electrons. The van der Waals surface area contributed by atoms with Crippen LogP contribution in [-0.4, -0.2) is 9.97 Å². The molecule has 0 bridgehead atoms. The summed E-state index contributed by atoms with van der Waals surface area (Å²) in [7, 11) is 0. The molecular weight excluding hydrogens is 289 g/mol. The van der Waals surface area contributed by atoms with Crippen LogP contribution in [0.25, 0.3) is 11.3 Å². The van der Waals surface area contributed by atoms with Gasteiger partial charge in [0.2, 0.25) is 0 Å². The Morgan fingerprint density at radius 1 is 1.07 bits per heavy atom. The summed E-state index contributed by atoms with van der Waals surface area (Å²) in [5, 5.41) is 0. The summed E-state index contributed by atoms with van der Waals surface area (Å²) < 4.78 is 0.899. The lowest BCUT2D eigenvalue weighted by atomic mass is 10.1. The highest BCUT2D eigenvalue weighted by molar-refractivity contribution is 14.1. The number of nitrogen functional groups attached to an aromatic ring is 1. The van der Waals surface area contributed by atoms with Crippen molar-refractivity contribution in [2.45, 2.75) is 0 Å². The lowest BCUT2D eigenvalue weighted by Gasteiger charge is -2.04. The second-order valence-corrected chi connectivity index (χ2v) is 3.87. The third-order valence-corrected chi connectivity index (χ3v) is 2.93. The van der Waals surface area contributed by atoms with E-state index in [-0.39, 0.29) is 0 Å². The van der Waals surface area contributed by atoms with Crippen LogP contribution >= 0.6 is 22.6 Å². The molecule has 2 aromatic rings. The number of hydrogen-bond acceptors (Lipinski definition) is 3. The maximum atomic E-state index is 5.70. The molecule has 0 fully saturated rings. The first-order chi connectivity index (χ1) is 6.79. The van der Waals surface area contributed by atoms with Gasteiger partial charge < -0.3 is 5.73 Å². The molecule has 0 unspecified atom stereocenters. The van der Waals surface area contributed by atoms with Crippen LogP contribution < -0.4 is 5.73 Å². The Kier molecular flexibility index (Phi) is 2.62. The quantitative estimate of drug-likeness (QED) is 0.822. The van der Waals surface area contributed by atoms with Gasteiger partial charge in [0.1, 0.15) is 12.1 Å². The fourth-order valence-corrected chi connectivity index (χ4v) is 1.77. The summed E-state index contributed by atoms with van der Waals surface area (Å²) in [6, 6.07) is 9.93. The van der Waals surface area contributed by atoms with Crippen molar-refractivity contribution in [3.8, 4) is 11.3 Å². The maximum absolute atomic E-state index is 5.70. The molecule has 0 amide bonds. The average molecular weight is 297 g/mol. The van der Waals surface area contributed by atoms with Crippen LogP contribution in [0.3, 0.4) is 0 Å². The molecule has 0 spiro atoms. The van der Waals surface area contributed by atoms with Gasteiger partial charge in [-0.2, -0.15) is 0 Å². The van der Waals surface area contributed by atoms with Crippen molar-refractivity contribution < 1.29 is 0 Å². The van der Waals surface area contributed by atoms with E-state index in [4.69, 9.17) is 5.73 Å². The van der Waals surface area contributed by atoms with Crippen LogP contribution in [0, 0.1) is 3.57 Å². The molecule has 0 aliphatic carbocycles. The number of rotatable bonds is 1. The molecule has 0 aliphatic heterocycles. The van der Waals surface area contributed by atoms with Crippen LogP contribution in [0.4, 0.5) is 5.82 Å². The smallest absolute Gasteiger partial charge is 0.140 e. The predicted molar refractivity (Wildman–Crippen MR) is 64.6 cm³/mol. The van der Waals surface area contributed by atoms with Crippen molar-refractivity contribution in [2.75, 3.05) is 5.73 Å². The normalized spacial score (nSPS) is 10.1. The van der Waals surface area contributed by atoms with E-state index in [9.17, 15) is 0 Å². The number of hydrogen-bond donors (Lipinski definition) is 1. The Morgan fingerprint density at radius 2 is 1.79 bits per heavy atom. The van der Waals surface area contributed by atoms with E-state index in [0.29, 0.717) is 5.82 Å². The highest BCUT2D eigenvalue weighted by Crippen LogP contribution is 2.24. The molecule has 1 aromatic heterocycles. The van der Waals surface area contributed by atoms with Gasteiger partial charge in [-0.3, -0.25) is 0 Å². The summed E-state index contributed by atoms with van der Waals surface area (Å²) in [6.07, 6.45) is 1.49. The zero-order chi connectivity index (χ0) is 9.97. The number of nitrogens with zero attached hydrogens (tertiary/aromatic N) is 2. The monoisotopic (exact) mass is 297 g/mol. The van der Waals surface area contributed by atoms with Crippen molar-refractivity contribution in [2.24, 2.45) is 0 Å². The van der Waals surface area contributed by atoms with E-state index in [1.807, 2.05) is 30.3 Å². The second kappa shape index (κ2) is 3.91. The van der Waals surface area contributed by atoms with Crippen LogP contribution in [0.2, 0.25) is 0 Å². The largest absolute Gasteiger partial charge is 0.383 e. The van der Waals surface area contributed by atoms with Gasteiger partial charge in [0.25, 0.3) is 0 Å². The number of anilines is 1. The summed E-state index contributed by atoms with van der Waals surface area (Å²) in [4.78, 5) is 8.13. The van der Waals surface area contributed by atoms with Crippen molar-refractivity contribution in [1.82, 2.24) is 9.97 Å². The molecule has 3 nitrogen and oxygen atoms in total. The Labute approximate surface area is 95.5 Å². The molecule has 0 saturated heterocycles. The molecule has 14 heavy (non-hydrogen) atoms. The topological polar surface area (TPSA) is 51.8 Å². The van der Waals surface area contributed by atoms with E-state index in [1.165, 1.54) is 6.33 Å². The lowest BCUT2D eigenvalue weighted by Crippen LogP contribution is -1.98. The minimum absolute atomic E-state index is 0.527. The molecule has 4 heteroatoms. The van der Waals surface area contributed by atoms with Crippen LogP contribution in [0.5, 0.6) is 0 Å². The predicted octanol–water partition coefficient (Wildman–Crippen LogP) is 2.33. The van der Waals surface area contributed by atoms with E-state index in [0.717, 1.165) is 14.8 Å². The zero-order valence-corrected chi connectivity index (χ0v) is 9.47. The standard InChI is InChI=1S/C10H8IN3/c11-8-9(13-6-14-10(8)12)7-4-2-1-3-5-7/h1-6H,(H2,12,13,14). The minimum atomic E-state index is 0.527. The van der Waals surface area contributed by atoms with Gasteiger partial charge in [-0.25, -0.2) is 9.97 Å². The second-order valence-electron chi connectivity index (χ2n) is 2.79. The third-order valence-electron chi connectivity index (χ3n) is 1.86. The van der Waals surface area contributed by atoms with Gasteiger partial charge in [-0.05, 0) is 22.6 Å². The summed E-state index contributed by atoms with van der Waals surface area (Å²) >= 11 is 2.16. The van der Waals surface area contributed by atoms with Crippen molar-refractivity contribution in [1.29, 1.82) is 0 Å². The highest BCUT2D eigenvalue weighted by atomic mass is 127. The van der Waals surface area contributed by atoms with Gasteiger partial charge in [0.05, 0.1) is 9.26 Å². The van der Waals surface area contributed by atoms with E-state index in [1.54, 1.807) is 0 Å². The Bertz CT molecular complexity index is 442. The van der Waals surface area contributed by atoms with Gasteiger partial charge in [0, 0.05) is 5.56 Å². The van der Waals surface area contributed by atoms with E-state index < -0.39 is 0 Å². The molecule has 0 radical (unpaired) electrons. The first kappa shape index (κ1) is 9.39. The molecule has 0 atom stereocenters. The van der Waals surface area contributed by atoms with Crippen LogP contribution in [-0.2, 0) is 0 Å². The van der Waals surface area contributed by atoms with Gasteiger partial charge >= 0.3 is 0 Å². The van der Waals surface area contributed by atoms with Crippen molar-refractivity contribution in [3.63, 3.8) is 0 Å². The van der Waals surface area contributed by atoms with E-state index >= 15 is 0 Å². The molecule has 0 aliphatic rings. The van der Waals surface area contributed by atoms with Gasteiger partial charge in [-0.1, -0.05) is 30.3 Å². The number of halogens is 1. The minimum Gasteiger partial charge on any atom is -0.383 e. The van der Waals surface area contributed by atoms with Crippen molar-refractivity contribution >= 4 is 28.4 Å². The summed E-state index contributed by atoms with van der Waals surface area (Å²) in [5.41, 5.74) is 7.65. The fourth-order valence-electron chi connectivity index (χ4n) is 1.18. The Balaban J connectivity index is 2.58. The first-order valence-electron chi connectivity index (χ1n) is 4.10. The van der Waals surface area contributed by atoms with Gasteiger partial charge in [0.15, 0.2) is 0 Å². The zero-order valence-electron chi connectivity index (χ0n) is 7.31. The molecule has 2 N–H and O–H groups in total. The molecule has 1 heterocycles. The third kappa shape index (κ3) is 1.70.